The number of nitrogens with one attached hydrogen (secondary N) is 1. The van der Waals surface area contributed by atoms with Gasteiger partial charge in [0.25, 0.3) is 5.91 Å². The quantitative estimate of drug-likeness (QED) is 0.639. The zero-order valence-electron chi connectivity index (χ0n) is 13.7. The highest BCUT2D eigenvalue weighted by Crippen LogP contribution is 2.33. The van der Waals surface area contributed by atoms with Crippen LogP contribution in [0.2, 0.25) is 0 Å². The third kappa shape index (κ3) is 2.63. The maximum atomic E-state index is 12.6. The van der Waals surface area contributed by atoms with Gasteiger partial charge in [-0.05, 0) is 12.1 Å². The molecular weight excluding hydrogens is 332 g/mol. The van der Waals surface area contributed by atoms with Crippen molar-refractivity contribution in [2.75, 3.05) is 18.5 Å². The number of hydrogen-bond acceptors (Lipinski definition) is 6. The van der Waals surface area contributed by atoms with E-state index in [4.69, 9.17) is 15.2 Å². The van der Waals surface area contributed by atoms with Gasteiger partial charge in [0.15, 0.2) is 11.5 Å². The number of aliphatic imine (C=N–C) groups is 1. The minimum absolute atomic E-state index is 0.104. The summed E-state index contributed by atoms with van der Waals surface area (Å²) in [6, 6.07) is 14.2. The van der Waals surface area contributed by atoms with Crippen molar-refractivity contribution in [2.45, 2.75) is 0 Å². The van der Waals surface area contributed by atoms with E-state index in [-0.39, 0.29) is 17.1 Å². The van der Waals surface area contributed by atoms with Gasteiger partial charge in [0.2, 0.25) is 0 Å². The molecule has 2 aliphatic heterocycles. The molecule has 0 spiro atoms. The molecule has 26 heavy (non-hydrogen) atoms. The SMILES string of the molecule is N#C/C(C(=O)Nc1ccc2c(c1)OCCO2)=C1\N=C(N)c2ccccc21. The monoisotopic (exact) mass is 346 g/mol. The van der Waals surface area contributed by atoms with Crippen molar-refractivity contribution in [1.82, 2.24) is 0 Å². The Kier molecular flexibility index (Phi) is 3.78. The predicted molar refractivity (Wildman–Crippen MR) is 95.8 cm³/mol. The van der Waals surface area contributed by atoms with Crippen molar-refractivity contribution in [3.8, 4) is 17.6 Å². The molecule has 1 amide bonds. The lowest BCUT2D eigenvalue weighted by Crippen LogP contribution is -2.17. The van der Waals surface area contributed by atoms with E-state index in [1.54, 1.807) is 36.4 Å². The van der Waals surface area contributed by atoms with Gasteiger partial charge in [-0.2, -0.15) is 5.26 Å². The van der Waals surface area contributed by atoms with Gasteiger partial charge in [-0.3, -0.25) is 4.79 Å². The van der Waals surface area contributed by atoms with Gasteiger partial charge in [0, 0.05) is 22.9 Å². The van der Waals surface area contributed by atoms with Gasteiger partial charge in [0.05, 0.1) is 5.70 Å². The first-order valence-electron chi connectivity index (χ1n) is 7.96. The van der Waals surface area contributed by atoms with E-state index in [1.165, 1.54) is 0 Å². The van der Waals surface area contributed by atoms with Gasteiger partial charge >= 0.3 is 0 Å². The Bertz CT molecular complexity index is 1020. The van der Waals surface area contributed by atoms with Crippen molar-refractivity contribution in [3.63, 3.8) is 0 Å². The van der Waals surface area contributed by atoms with Crippen molar-refractivity contribution in [2.24, 2.45) is 10.7 Å². The van der Waals surface area contributed by atoms with Crippen molar-refractivity contribution < 1.29 is 14.3 Å². The van der Waals surface area contributed by atoms with Crippen LogP contribution in [-0.4, -0.2) is 25.0 Å². The highest BCUT2D eigenvalue weighted by Gasteiger charge is 2.25. The van der Waals surface area contributed by atoms with E-state index >= 15 is 0 Å². The number of rotatable bonds is 2. The van der Waals surface area contributed by atoms with Gasteiger partial charge < -0.3 is 20.5 Å². The smallest absolute Gasteiger partial charge is 0.268 e. The van der Waals surface area contributed by atoms with Crippen molar-refractivity contribution in [3.05, 3.63) is 59.2 Å². The summed E-state index contributed by atoms with van der Waals surface area (Å²) in [6.07, 6.45) is 0. The van der Waals surface area contributed by atoms with E-state index < -0.39 is 5.91 Å². The predicted octanol–water partition coefficient (Wildman–Crippen LogP) is 2.05. The summed E-state index contributed by atoms with van der Waals surface area (Å²) in [5, 5.41) is 12.2. The first kappa shape index (κ1) is 15.7. The average molecular weight is 346 g/mol. The van der Waals surface area contributed by atoms with Crippen LogP contribution in [0.15, 0.2) is 53.0 Å². The van der Waals surface area contributed by atoms with Gasteiger partial charge in [-0.15, -0.1) is 0 Å². The molecule has 2 aliphatic rings. The Morgan fingerprint density at radius 1 is 1.12 bits per heavy atom. The number of carbonyl (C=O) groups is 1. The summed E-state index contributed by atoms with van der Waals surface area (Å²) in [5.74, 6) is 0.895. The molecule has 0 unspecified atom stereocenters. The summed E-state index contributed by atoms with van der Waals surface area (Å²) in [6.45, 7) is 0.935. The third-order valence-electron chi connectivity index (χ3n) is 4.07. The molecule has 0 bridgehead atoms. The van der Waals surface area contributed by atoms with E-state index in [1.807, 2.05) is 12.1 Å². The fourth-order valence-electron chi connectivity index (χ4n) is 2.87. The summed E-state index contributed by atoms with van der Waals surface area (Å²) in [7, 11) is 0. The molecule has 7 heteroatoms. The number of hydrogen-bond donors (Lipinski definition) is 2. The highest BCUT2D eigenvalue weighted by atomic mass is 16.6. The van der Waals surface area contributed by atoms with E-state index in [0.717, 1.165) is 0 Å². The zero-order valence-corrected chi connectivity index (χ0v) is 13.7. The second-order valence-corrected chi connectivity index (χ2v) is 5.69. The van der Waals surface area contributed by atoms with Gasteiger partial charge in [-0.25, -0.2) is 4.99 Å². The van der Waals surface area contributed by atoms with E-state index in [0.29, 0.717) is 41.5 Å². The van der Waals surface area contributed by atoms with E-state index in [9.17, 15) is 10.1 Å². The summed E-state index contributed by atoms with van der Waals surface area (Å²) >= 11 is 0. The summed E-state index contributed by atoms with van der Waals surface area (Å²) in [4.78, 5) is 16.8. The zero-order chi connectivity index (χ0) is 18.1. The fraction of sp³-hybridized carbons (Fsp3) is 0.105. The number of fused-ring (bicyclic) bond motifs is 2. The lowest BCUT2D eigenvalue weighted by molar-refractivity contribution is -0.112. The number of nitrogens with zero attached hydrogens (tertiary/aromatic N) is 2. The molecule has 7 nitrogen and oxygen atoms in total. The molecular formula is C19H14N4O3. The Morgan fingerprint density at radius 2 is 1.85 bits per heavy atom. The maximum absolute atomic E-state index is 12.6. The second-order valence-electron chi connectivity index (χ2n) is 5.69. The number of amides is 1. The molecule has 2 heterocycles. The maximum Gasteiger partial charge on any atom is 0.268 e. The molecule has 0 fully saturated rings. The number of anilines is 1. The Balaban J connectivity index is 1.66. The van der Waals surface area contributed by atoms with Crippen molar-refractivity contribution in [1.29, 1.82) is 5.26 Å². The Morgan fingerprint density at radius 3 is 2.62 bits per heavy atom. The van der Waals surface area contributed by atoms with Crippen LogP contribution >= 0.6 is 0 Å². The Labute approximate surface area is 149 Å². The van der Waals surface area contributed by atoms with Crippen LogP contribution in [-0.2, 0) is 4.79 Å². The Hall–Kier alpha value is -3.79. The lowest BCUT2D eigenvalue weighted by atomic mass is 10.0. The van der Waals surface area contributed by atoms with Crippen LogP contribution in [0.5, 0.6) is 11.5 Å². The molecule has 0 aromatic heterocycles. The average Bonchev–Trinajstić information content (AvgIpc) is 2.99. The first-order valence-corrected chi connectivity index (χ1v) is 7.96. The molecule has 0 saturated heterocycles. The minimum atomic E-state index is -0.563. The van der Waals surface area contributed by atoms with Gasteiger partial charge in [0.1, 0.15) is 30.7 Å². The fourth-order valence-corrected chi connectivity index (χ4v) is 2.87. The second kappa shape index (κ2) is 6.26. The van der Waals surface area contributed by atoms with Crippen LogP contribution in [0.25, 0.3) is 5.70 Å². The number of amidine groups is 1. The molecule has 0 radical (unpaired) electrons. The molecule has 2 aromatic rings. The van der Waals surface area contributed by atoms with Crippen LogP contribution < -0.4 is 20.5 Å². The highest BCUT2D eigenvalue weighted by molar-refractivity contribution is 6.17. The normalized spacial score (nSPS) is 16.2. The molecule has 4 rings (SSSR count). The molecule has 128 valence electrons. The number of benzene rings is 2. The van der Waals surface area contributed by atoms with Crippen LogP contribution in [0.3, 0.4) is 0 Å². The number of nitrogens with two attached hydrogens (primary N) is 1. The van der Waals surface area contributed by atoms with Crippen molar-refractivity contribution >= 4 is 23.1 Å². The van der Waals surface area contributed by atoms with Crippen LogP contribution in [0.4, 0.5) is 5.69 Å². The standard InChI is InChI=1S/C19H14N4O3/c20-10-14(17-12-3-1-2-4-13(12)18(21)23-17)19(24)22-11-5-6-15-16(9-11)26-8-7-25-15/h1-6,9H,7-8H2,(H2,21,23)(H,22,24)/b17-14+. The minimum Gasteiger partial charge on any atom is -0.486 e. The lowest BCUT2D eigenvalue weighted by Gasteiger charge is -2.19. The number of carbonyl (C=O) groups excluding carboxylic acids is 1. The topological polar surface area (TPSA) is 110 Å². The van der Waals surface area contributed by atoms with E-state index in [2.05, 4.69) is 10.3 Å². The number of ether oxygens (including phenoxy) is 2. The third-order valence-corrected chi connectivity index (χ3v) is 4.07. The largest absolute Gasteiger partial charge is 0.486 e. The molecule has 0 aliphatic carbocycles. The first-order chi connectivity index (χ1) is 12.7. The summed E-state index contributed by atoms with van der Waals surface area (Å²) in [5.41, 5.74) is 7.94. The molecule has 3 N–H and O–H groups in total. The molecule has 0 saturated carbocycles. The van der Waals surface area contributed by atoms with Gasteiger partial charge in [-0.1, -0.05) is 24.3 Å². The molecule has 2 aromatic carbocycles. The molecule has 0 atom stereocenters. The van der Waals surface area contributed by atoms with Crippen LogP contribution in [0.1, 0.15) is 11.1 Å². The number of nitriles is 1. The summed E-state index contributed by atoms with van der Waals surface area (Å²) < 4.78 is 11.0. The van der Waals surface area contributed by atoms with Crippen LogP contribution in [0, 0.1) is 11.3 Å².